The van der Waals surface area contributed by atoms with Crippen LogP contribution in [0.4, 0.5) is 5.82 Å². The van der Waals surface area contributed by atoms with Crippen LogP contribution in [0, 0.1) is 5.92 Å². The molecule has 0 radical (unpaired) electrons. The first-order valence-corrected chi connectivity index (χ1v) is 9.56. The molecule has 0 bridgehead atoms. The minimum absolute atomic E-state index is 0.0423. The van der Waals surface area contributed by atoms with E-state index in [1.165, 1.54) is 0 Å². The van der Waals surface area contributed by atoms with Crippen molar-refractivity contribution in [3.05, 3.63) is 65.3 Å². The van der Waals surface area contributed by atoms with Crippen LogP contribution in [0.3, 0.4) is 0 Å². The Kier molecular flexibility index (Phi) is 5.21. The van der Waals surface area contributed by atoms with Crippen LogP contribution < -0.4 is 10.2 Å². The summed E-state index contributed by atoms with van der Waals surface area (Å²) in [6.45, 7) is 2.08. The number of piperidine rings is 1. The summed E-state index contributed by atoms with van der Waals surface area (Å²) in [6.07, 6.45) is 3.66. The van der Waals surface area contributed by atoms with Gasteiger partial charge in [0.15, 0.2) is 0 Å². The Morgan fingerprint density at radius 1 is 1.15 bits per heavy atom. The molecule has 0 unspecified atom stereocenters. The predicted molar refractivity (Wildman–Crippen MR) is 108 cm³/mol. The van der Waals surface area contributed by atoms with Crippen LogP contribution in [-0.2, 0) is 11.3 Å². The molecule has 1 fully saturated rings. The summed E-state index contributed by atoms with van der Waals surface area (Å²) in [5.41, 5.74) is 2.81. The monoisotopic (exact) mass is 380 g/mol. The SMILES string of the molecule is O=C(NCc1ccc(Cl)cc1)[C@@H]1CCCN(c2cnc3ccccc3n2)C1. The third-order valence-corrected chi connectivity index (χ3v) is 5.18. The number of para-hydroxylation sites is 2. The van der Waals surface area contributed by atoms with Crippen molar-refractivity contribution in [3.8, 4) is 0 Å². The molecule has 27 heavy (non-hydrogen) atoms. The molecule has 0 aliphatic carbocycles. The van der Waals surface area contributed by atoms with E-state index in [4.69, 9.17) is 16.6 Å². The molecular weight excluding hydrogens is 360 g/mol. The van der Waals surface area contributed by atoms with Gasteiger partial charge in [0.05, 0.1) is 23.1 Å². The van der Waals surface area contributed by atoms with E-state index in [1.54, 1.807) is 6.20 Å². The molecule has 1 aliphatic rings. The first kappa shape index (κ1) is 17.7. The fourth-order valence-electron chi connectivity index (χ4n) is 3.43. The number of hydrogen-bond acceptors (Lipinski definition) is 4. The van der Waals surface area contributed by atoms with E-state index in [1.807, 2.05) is 48.5 Å². The zero-order chi connectivity index (χ0) is 18.6. The third kappa shape index (κ3) is 4.19. The molecule has 1 N–H and O–H groups in total. The van der Waals surface area contributed by atoms with Gasteiger partial charge in [0.1, 0.15) is 5.82 Å². The number of carbonyl (C=O) groups is 1. The molecule has 1 aliphatic heterocycles. The highest BCUT2D eigenvalue weighted by Gasteiger charge is 2.26. The summed E-state index contributed by atoms with van der Waals surface area (Å²) in [5, 5.41) is 3.74. The number of rotatable bonds is 4. The smallest absolute Gasteiger partial charge is 0.225 e. The van der Waals surface area contributed by atoms with Gasteiger partial charge in [0.25, 0.3) is 0 Å². The summed E-state index contributed by atoms with van der Waals surface area (Å²) in [6, 6.07) is 15.4. The van der Waals surface area contributed by atoms with Crippen molar-refractivity contribution in [2.45, 2.75) is 19.4 Å². The second-order valence-electron chi connectivity index (χ2n) is 6.85. The fraction of sp³-hybridized carbons (Fsp3) is 0.286. The molecular formula is C21H21ClN4O. The van der Waals surface area contributed by atoms with Crippen molar-refractivity contribution in [2.75, 3.05) is 18.0 Å². The molecule has 1 saturated heterocycles. The molecule has 6 heteroatoms. The summed E-state index contributed by atoms with van der Waals surface area (Å²) >= 11 is 5.90. The summed E-state index contributed by atoms with van der Waals surface area (Å²) < 4.78 is 0. The molecule has 1 aromatic heterocycles. The van der Waals surface area contributed by atoms with Crippen LogP contribution in [0.1, 0.15) is 18.4 Å². The van der Waals surface area contributed by atoms with E-state index in [0.717, 1.165) is 41.8 Å². The van der Waals surface area contributed by atoms with Crippen molar-refractivity contribution < 1.29 is 4.79 Å². The van der Waals surface area contributed by atoms with Crippen molar-refractivity contribution in [3.63, 3.8) is 0 Å². The van der Waals surface area contributed by atoms with Gasteiger partial charge in [-0.2, -0.15) is 0 Å². The highest BCUT2D eigenvalue weighted by Crippen LogP contribution is 2.23. The second kappa shape index (κ2) is 7.92. The lowest BCUT2D eigenvalue weighted by molar-refractivity contribution is -0.125. The topological polar surface area (TPSA) is 58.1 Å². The van der Waals surface area contributed by atoms with Crippen LogP contribution in [0.25, 0.3) is 11.0 Å². The van der Waals surface area contributed by atoms with Crippen LogP contribution in [0.5, 0.6) is 0 Å². The van der Waals surface area contributed by atoms with Crippen LogP contribution in [-0.4, -0.2) is 29.0 Å². The summed E-state index contributed by atoms with van der Waals surface area (Å²) in [7, 11) is 0. The Balaban J connectivity index is 1.40. The quantitative estimate of drug-likeness (QED) is 0.747. The molecule has 138 valence electrons. The van der Waals surface area contributed by atoms with Gasteiger partial charge >= 0.3 is 0 Å². The maximum atomic E-state index is 12.6. The molecule has 0 spiro atoms. The van der Waals surface area contributed by atoms with E-state index in [2.05, 4.69) is 15.2 Å². The molecule has 5 nitrogen and oxygen atoms in total. The Morgan fingerprint density at radius 2 is 1.93 bits per heavy atom. The van der Waals surface area contributed by atoms with Crippen molar-refractivity contribution >= 4 is 34.4 Å². The van der Waals surface area contributed by atoms with Gasteiger partial charge in [-0.3, -0.25) is 9.78 Å². The highest BCUT2D eigenvalue weighted by molar-refractivity contribution is 6.30. The van der Waals surface area contributed by atoms with Crippen molar-refractivity contribution in [1.82, 2.24) is 15.3 Å². The Hall–Kier alpha value is -2.66. The largest absolute Gasteiger partial charge is 0.355 e. The number of hydrogen-bond donors (Lipinski definition) is 1. The number of halogens is 1. The average molecular weight is 381 g/mol. The van der Waals surface area contributed by atoms with E-state index < -0.39 is 0 Å². The summed E-state index contributed by atoms with van der Waals surface area (Å²) in [4.78, 5) is 24.0. The normalized spacial score (nSPS) is 17.1. The molecule has 4 rings (SSSR count). The Labute approximate surface area is 163 Å². The predicted octanol–water partition coefficient (Wildman–Crippen LogP) is 3.82. The zero-order valence-electron chi connectivity index (χ0n) is 14.9. The van der Waals surface area contributed by atoms with E-state index >= 15 is 0 Å². The Bertz CT molecular complexity index is 944. The van der Waals surface area contributed by atoms with Crippen molar-refractivity contribution in [2.24, 2.45) is 5.92 Å². The number of amides is 1. The van der Waals surface area contributed by atoms with Gasteiger partial charge < -0.3 is 10.2 Å². The molecule has 1 atom stereocenters. The second-order valence-corrected chi connectivity index (χ2v) is 7.28. The van der Waals surface area contributed by atoms with Crippen LogP contribution >= 0.6 is 11.6 Å². The lowest BCUT2D eigenvalue weighted by Crippen LogP contribution is -2.43. The lowest BCUT2D eigenvalue weighted by atomic mass is 9.97. The molecule has 2 aromatic carbocycles. The fourth-order valence-corrected chi connectivity index (χ4v) is 3.56. The number of carbonyl (C=O) groups excluding carboxylic acids is 1. The van der Waals surface area contributed by atoms with Gasteiger partial charge in [0.2, 0.25) is 5.91 Å². The van der Waals surface area contributed by atoms with Gasteiger partial charge in [-0.25, -0.2) is 4.98 Å². The molecule has 1 amide bonds. The number of nitrogens with zero attached hydrogens (tertiary/aromatic N) is 3. The minimum atomic E-state index is -0.0423. The average Bonchev–Trinajstić information content (AvgIpc) is 2.73. The number of nitrogens with one attached hydrogen (secondary N) is 1. The lowest BCUT2D eigenvalue weighted by Gasteiger charge is -2.32. The standard InChI is InChI=1S/C21H21ClN4O/c22-17-9-7-15(8-10-17)12-24-21(27)16-4-3-11-26(14-16)20-13-23-18-5-1-2-6-19(18)25-20/h1-2,5-10,13,16H,3-4,11-12,14H2,(H,24,27)/t16-/m1/s1. The van der Waals surface area contributed by atoms with Gasteiger partial charge in [-0.1, -0.05) is 35.9 Å². The number of aromatic nitrogens is 2. The van der Waals surface area contributed by atoms with Gasteiger partial charge in [-0.05, 0) is 42.7 Å². The molecule has 0 saturated carbocycles. The zero-order valence-corrected chi connectivity index (χ0v) is 15.7. The number of benzene rings is 2. The third-order valence-electron chi connectivity index (χ3n) is 4.93. The Morgan fingerprint density at radius 3 is 2.74 bits per heavy atom. The highest BCUT2D eigenvalue weighted by atomic mass is 35.5. The van der Waals surface area contributed by atoms with Gasteiger partial charge in [-0.15, -0.1) is 0 Å². The maximum Gasteiger partial charge on any atom is 0.225 e. The van der Waals surface area contributed by atoms with E-state index in [-0.39, 0.29) is 11.8 Å². The van der Waals surface area contributed by atoms with Crippen molar-refractivity contribution in [1.29, 1.82) is 0 Å². The minimum Gasteiger partial charge on any atom is -0.355 e. The van der Waals surface area contributed by atoms with Gasteiger partial charge in [0, 0.05) is 24.7 Å². The van der Waals surface area contributed by atoms with E-state index in [0.29, 0.717) is 18.1 Å². The number of fused-ring (bicyclic) bond motifs is 1. The van der Waals surface area contributed by atoms with E-state index in [9.17, 15) is 4.79 Å². The first-order chi connectivity index (χ1) is 13.2. The first-order valence-electron chi connectivity index (χ1n) is 9.18. The van der Waals surface area contributed by atoms with Crippen LogP contribution in [0.15, 0.2) is 54.7 Å². The summed E-state index contributed by atoms with van der Waals surface area (Å²) in [5.74, 6) is 0.881. The number of anilines is 1. The maximum absolute atomic E-state index is 12.6. The molecule has 2 heterocycles. The van der Waals surface area contributed by atoms with Crippen LogP contribution in [0.2, 0.25) is 5.02 Å². The molecule has 3 aromatic rings.